The summed E-state index contributed by atoms with van der Waals surface area (Å²) in [4.78, 5) is 3.87. The Kier molecular flexibility index (Phi) is 4.34. The van der Waals surface area contributed by atoms with Crippen LogP contribution in [-0.4, -0.2) is 28.6 Å². The molecule has 1 fully saturated rings. The van der Waals surface area contributed by atoms with Gasteiger partial charge in [-0.25, -0.2) is 9.37 Å². The van der Waals surface area contributed by atoms with Crippen LogP contribution in [0.1, 0.15) is 6.42 Å². The van der Waals surface area contributed by atoms with Crippen LogP contribution in [0.4, 0.5) is 4.39 Å². The summed E-state index contributed by atoms with van der Waals surface area (Å²) in [5.74, 6) is 0.698. The van der Waals surface area contributed by atoms with E-state index in [0.717, 1.165) is 17.4 Å². The first-order chi connectivity index (χ1) is 7.79. The molecule has 2 rings (SSSR count). The first kappa shape index (κ1) is 12.0. The van der Waals surface area contributed by atoms with Crippen molar-refractivity contribution in [2.24, 2.45) is 5.92 Å². The van der Waals surface area contributed by atoms with Gasteiger partial charge in [-0.3, -0.25) is 0 Å². The van der Waals surface area contributed by atoms with Crippen LogP contribution >= 0.6 is 22.6 Å². The lowest BCUT2D eigenvalue weighted by atomic mass is 10.0. The highest BCUT2D eigenvalue weighted by Gasteiger charge is 2.26. The van der Waals surface area contributed by atoms with Crippen molar-refractivity contribution < 1.29 is 9.13 Å². The Bertz CT molecular complexity index is 333. The van der Waals surface area contributed by atoms with Gasteiger partial charge in [-0.05, 0) is 19.0 Å². The average molecular weight is 336 g/mol. The minimum absolute atomic E-state index is 0.333. The lowest BCUT2D eigenvalue weighted by Gasteiger charge is -2.17. The van der Waals surface area contributed by atoms with Crippen molar-refractivity contribution in [3.63, 3.8) is 0 Å². The highest BCUT2D eigenvalue weighted by atomic mass is 127. The van der Waals surface area contributed by atoms with Gasteiger partial charge in [0.15, 0.2) is 0 Å². The zero-order valence-electron chi connectivity index (χ0n) is 8.83. The molecule has 0 amide bonds. The number of hydrogen-bond acceptors (Lipinski definition) is 3. The van der Waals surface area contributed by atoms with Crippen LogP contribution in [0, 0.1) is 11.7 Å². The summed E-state index contributed by atoms with van der Waals surface area (Å²) < 4.78 is 19.3. The number of aromatic nitrogens is 1. The molecule has 1 N–H and O–H groups in total. The minimum Gasteiger partial charge on any atom is -0.477 e. The van der Waals surface area contributed by atoms with Gasteiger partial charge in [0.25, 0.3) is 0 Å². The van der Waals surface area contributed by atoms with E-state index in [1.165, 1.54) is 12.3 Å². The van der Waals surface area contributed by atoms with Gasteiger partial charge in [-0.2, -0.15) is 0 Å². The molecule has 0 spiro atoms. The summed E-state index contributed by atoms with van der Waals surface area (Å²) in [5.41, 5.74) is 0. The van der Waals surface area contributed by atoms with Crippen molar-refractivity contribution in [2.75, 3.05) is 17.6 Å². The van der Waals surface area contributed by atoms with Crippen LogP contribution in [0.2, 0.25) is 0 Å². The lowest BCUT2D eigenvalue weighted by molar-refractivity contribution is 0.233. The van der Waals surface area contributed by atoms with Crippen molar-refractivity contribution in [3.05, 3.63) is 24.1 Å². The van der Waals surface area contributed by atoms with Crippen LogP contribution in [0.5, 0.6) is 5.88 Å². The fraction of sp³-hybridized carbons (Fsp3) is 0.545. The maximum atomic E-state index is 12.6. The van der Waals surface area contributed by atoms with Crippen molar-refractivity contribution in [1.29, 1.82) is 0 Å². The molecule has 0 aromatic carbocycles. The number of nitrogens with one attached hydrogen (secondary N) is 1. The number of pyridine rings is 1. The Morgan fingerprint density at radius 2 is 2.44 bits per heavy atom. The van der Waals surface area contributed by atoms with E-state index in [0.29, 0.717) is 24.4 Å². The summed E-state index contributed by atoms with van der Waals surface area (Å²) in [6.45, 7) is 1.71. The van der Waals surface area contributed by atoms with E-state index in [-0.39, 0.29) is 5.82 Å². The van der Waals surface area contributed by atoms with Gasteiger partial charge < -0.3 is 10.1 Å². The summed E-state index contributed by atoms with van der Waals surface area (Å²) in [6, 6.07) is 3.46. The largest absolute Gasteiger partial charge is 0.477 e. The Morgan fingerprint density at radius 1 is 1.56 bits per heavy atom. The average Bonchev–Trinajstić information content (AvgIpc) is 2.76. The second-order valence-corrected chi connectivity index (χ2v) is 4.77. The smallest absolute Gasteiger partial charge is 0.213 e. The lowest BCUT2D eigenvalue weighted by Crippen LogP contribution is -2.31. The molecule has 1 saturated heterocycles. The molecule has 0 aliphatic carbocycles. The normalized spacial score (nSPS) is 24.6. The third-order valence-corrected chi connectivity index (χ3v) is 3.75. The summed E-state index contributed by atoms with van der Waals surface area (Å²) in [5, 5.41) is 3.43. The van der Waals surface area contributed by atoms with E-state index in [9.17, 15) is 4.39 Å². The van der Waals surface area contributed by atoms with E-state index in [2.05, 4.69) is 32.9 Å². The fourth-order valence-electron chi connectivity index (χ4n) is 1.84. The zero-order chi connectivity index (χ0) is 11.4. The molecular formula is C11H14FIN2O. The third kappa shape index (κ3) is 3.04. The molecule has 1 aliphatic heterocycles. The van der Waals surface area contributed by atoms with E-state index in [4.69, 9.17) is 4.74 Å². The Hall–Kier alpha value is -0.430. The number of hydrogen-bond donors (Lipinski definition) is 1. The van der Waals surface area contributed by atoms with Crippen LogP contribution in [0.15, 0.2) is 18.3 Å². The van der Waals surface area contributed by atoms with E-state index in [1.54, 1.807) is 6.07 Å². The first-order valence-corrected chi connectivity index (χ1v) is 6.86. The summed E-state index contributed by atoms with van der Waals surface area (Å²) in [6.07, 6.45) is 2.31. The van der Waals surface area contributed by atoms with Gasteiger partial charge in [0.2, 0.25) is 5.88 Å². The second kappa shape index (κ2) is 5.77. The standard InChI is InChI=1S/C11H14FIN2O/c12-9-1-2-11(15-6-9)16-7-8-3-4-14-10(8)5-13/h1-2,6,8,10,14H,3-5,7H2/t8-,10?/m1/s1. The highest BCUT2D eigenvalue weighted by molar-refractivity contribution is 14.1. The van der Waals surface area contributed by atoms with Gasteiger partial charge in [0, 0.05) is 22.5 Å². The van der Waals surface area contributed by atoms with Crippen LogP contribution in [-0.2, 0) is 0 Å². The van der Waals surface area contributed by atoms with Gasteiger partial charge >= 0.3 is 0 Å². The number of nitrogens with zero attached hydrogens (tertiary/aromatic N) is 1. The third-order valence-electron chi connectivity index (χ3n) is 2.80. The Labute approximate surface area is 108 Å². The van der Waals surface area contributed by atoms with Gasteiger partial charge in [0.05, 0.1) is 12.8 Å². The maximum Gasteiger partial charge on any atom is 0.213 e. The molecule has 3 nitrogen and oxygen atoms in total. The number of ether oxygens (including phenoxy) is 1. The van der Waals surface area contributed by atoms with Crippen LogP contribution < -0.4 is 10.1 Å². The van der Waals surface area contributed by atoms with Crippen molar-refractivity contribution >= 4 is 22.6 Å². The SMILES string of the molecule is Fc1ccc(OC[C@H]2CCNC2CI)nc1. The fourth-order valence-corrected chi connectivity index (χ4v) is 2.87. The van der Waals surface area contributed by atoms with Crippen LogP contribution in [0.25, 0.3) is 0 Å². The number of halogens is 2. The predicted octanol–water partition coefficient (Wildman–Crippen LogP) is 2.01. The molecule has 5 heteroatoms. The van der Waals surface area contributed by atoms with Crippen molar-refractivity contribution in [1.82, 2.24) is 10.3 Å². The Morgan fingerprint density at radius 3 is 3.12 bits per heavy atom. The molecule has 1 aliphatic rings. The summed E-state index contributed by atoms with van der Waals surface area (Å²) in [7, 11) is 0. The van der Waals surface area contributed by atoms with E-state index in [1.807, 2.05) is 0 Å². The molecule has 16 heavy (non-hydrogen) atoms. The molecule has 2 atom stereocenters. The molecule has 0 radical (unpaired) electrons. The summed E-state index contributed by atoms with van der Waals surface area (Å²) >= 11 is 2.38. The quantitative estimate of drug-likeness (QED) is 0.675. The topological polar surface area (TPSA) is 34.1 Å². The first-order valence-electron chi connectivity index (χ1n) is 5.33. The van der Waals surface area contributed by atoms with Gasteiger partial charge in [0.1, 0.15) is 5.82 Å². The molecular weight excluding hydrogens is 322 g/mol. The minimum atomic E-state index is -0.333. The molecule has 0 saturated carbocycles. The van der Waals surface area contributed by atoms with Crippen LogP contribution in [0.3, 0.4) is 0 Å². The van der Waals surface area contributed by atoms with E-state index < -0.39 is 0 Å². The Balaban J connectivity index is 1.85. The molecule has 0 bridgehead atoms. The maximum absolute atomic E-state index is 12.6. The van der Waals surface area contributed by atoms with E-state index >= 15 is 0 Å². The van der Waals surface area contributed by atoms with Gasteiger partial charge in [-0.1, -0.05) is 22.6 Å². The molecule has 1 aromatic heterocycles. The number of rotatable bonds is 4. The monoisotopic (exact) mass is 336 g/mol. The molecule has 1 aromatic rings. The molecule has 2 heterocycles. The molecule has 1 unspecified atom stereocenters. The van der Waals surface area contributed by atoms with Crippen molar-refractivity contribution in [3.8, 4) is 5.88 Å². The predicted molar refractivity (Wildman–Crippen MR) is 68.5 cm³/mol. The zero-order valence-corrected chi connectivity index (χ0v) is 11.0. The second-order valence-electron chi connectivity index (χ2n) is 3.89. The van der Waals surface area contributed by atoms with Crippen molar-refractivity contribution in [2.45, 2.75) is 12.5 Å². The highest BCUT2D eigenvalue weighted by Crippen LogP contribution is 2.19. The number of alkyl halides is 1. The van der Waals surface area contributed by atoms with Gasteiger partial charge in [-0.15, -0.1) is 0 Å². The molecule has 88 valence electrons.